The third kappa shape index (κ3) is 3.01. The average Bonchev–Trinajstić information content (AvgIpc) is 2.24. The lowest BCUT2D eigenvalue weighted by molar-refractivity contribution is -0.0812. The molecule has 1 atom stereocenters. The van der Waals surface area contributed by atoms with Gasteiger partial charge in [-0.2, -0.15) is 8.42 Å². The largest absolute Gasteiger partial charge is 0.374 e. The lowest BCUT2D eigenvalue weighted by atomic mass is 9.80. The molecule has 1 N–H and O–H groups in total. The summed E-state index contributed by atoms with van der Waals surface area (Å²) < 4.78 is 38.6. The summed E-state index contributed by atoms with van der Waals surface area (Å²) in [6.07, 6.45) is 8.10. The van der Waals surface area contributed by atoms with Crippen LogP contribution >= 0.6 is 0 Å². The third-order valence-electron chi connectivity index (χ3n) is 4.15. The van der Waals surface area contributed by atoms with Crippen LogP contribution in [0.25, 0.3) is 0 Å². The van der Waals surface area contributed by atoms with E-state index in [0.29, 0.717) is 13.0 Å². The molecule has 2 fully saturated rings. The van der Waals surface area contributed by atoms with Crippen molar-refractivity contribution in [3.8, 4) is 0 Å². The molecule has 2 aliphatic rings. The quantitative estimate of drug-likeness (QED) is 0.738. The van der Waals surface area contributed by atoms with Gasteiger partial charge in [-0.3, -0.25) is 4.55 Å². The number of hydrogen-bond acceptors (Lipinski definition) is 3. The molecule has 1 unspecified atom stereocenters. The van der Waals surface area contributed by atoms with E-state index in [1.807, 2.05) is 0 Å². The van der Waals surface area contributed by atoms with Crippen molar-refractivity contribution < 1.29 is 17.7 Å². The van der Waals surface area contributed by atoms with Gasteiger partial charge in [-0.1, -0.05) is 32.1 Å². The van der Waals surface area contributed by atoms with E-state index >= 15 is 0 Å². The molecule has 1 heterocycles. The fraction of sp³-hybridized carbons (Fsp3) is 1.00. The molecule has 4 nitrogen and oxygen atoms in total. The molecule has 17 heavy (non-hydrogen) atoms. The van der Waals surface area contributed by atoms with Crippen LogP contribution in [-0.4, -0.2) is 30.4 Å². The fourth-order valence-corrected chi connectivity index (χ4v) is 4.59. The highest BCUT2D eigenvalue weighted by atomic mass is 32.2. The van der Waals surface area contributed by atoms with Crippen LogP contribution in [0.5, 0.6) is 0 Å². The molecule has 0 bridgehead atoms. The van der Waals surface area contributed by atoms with E-state index in [1.54, 1.807) is 0 Å². The van der Waals surface area contributed by atoms with Crippen molar-refractivity contribution in [1.29, 1.82) is 0 Å². The average molecular weight is 262 g/mol. The normalized spacial score (nSPS) is 30.8. The standard InChI is InChI=1S/C12H22O4S/c13-17(14,15)11-7-3-1-6-10-16-12(11)8-4-2-5-9-12/h11H,1-10H2,(H,13,14,15). The van der Waals surface area contributed by atoms with Crippen molar-refractivity contribution in [1.82, 2.24) is 0 Å². The van der Waals surface area contributed by atoms with Gasteiger partial charge in [-0.15, -0.1) is 0 Å². The Kier molecular flexibility index (Phi) is 4.10. The van der Waals surface area contributed by atoms with Crippen LogP contribution in [0, 0.1) is 0 Å². The first-order valence-electron chi connectivity index (χ1n) is 6.65. The molecule has 1 aliphatic heterocycles. The topological polar surface area (TPSA) is 63.6 Å². The highest BCUT2D eigenvalue weighted by molar-refractivity contribution is 7.86. The first kappa shape index (κ1) is 13.3. The van der Waals surface area contributed by atoms with Crippen LogP contribution in [0.2, 0.25) is 0 Å². The van der Waals surface area contributed by atoms with Crippen LogP contribution in [0.3, 0.4) is 0 Å². The van der Waals surface area contributed by atoms with Gasteiger partial charge in [0.25, 0.3) is 10.1 Å². The zero-order valence-corrected chi connectivity index (χ0v) is 11.0. The molecule has 2 rings (SSSR count). The van der Waals surface area contributed by atoms with Gasteiger partial charge in [0.2, 0.25) is 0 Å². The van der Waals surface area contributed by atoms with Gasteiger partial charge in [0.1, 0.15) is 5.25 Å². The van der Waals surface area contributed by atoms with Crippen LogP contribution in [0.1, 0.15) is 57.8 Å². The second kappa shape index (κ2) is 5.24. The van der Waals surface area contributed by atoms with Crippen molar-refractivity contribution in [2.75, 3.05) is 6.61 Å². The summed E-state index contributed by atoms with van der Waals surface area (Å²) in [5.41, 5.74) is -0.605. The molecule has 1 spiro atoms. The molecular weight excluding hydrogens is 240 g/mol. The highest BCUT2D eigenvalue weighted by Crippen LogP contribution is 2.40. The Morgan fingerprint density at radius 3 is 2.29 bits per heavy atom. The highest BCUT2D eigenvalue weighted by Gasteiger charge is 2.47. The Morgan fingerprint density at radius 2 is 1.65 bits per heavy atom. The summed E-state index contributed by atoms with van der Waals surface area (Å²) in [4.78, 5) is 0. The van der Waals surface area contributed by atoms with E-state index < -0.39 is 21.0 Å². The Bertz CT molecular complexity index is 344. The number of rotatable bonds is 1. The summed E-state index contributed by atoms with van der Waals surface area (Å²) >= 11 is 0. The van der Waals surface area contributed by atoms with Crippen LogP contribution in [0.4, 0.5) is 0 Å². The lowest BCUT2D eigenvalue weighted by Gasteiger charge is -2.43. The van der Waals surface area contributed by atoms with Crippen molar-refractivity contribution in [3.05, 3.63) is 0 Å². The molecular formula is C12H22O4S. The molecule has 1 aliphatic carbocycles. The minimum absolute atomic E-state index is 0.541. The van der Waals surface area contributed by atoms with Gasteiger partial charge in [0, 0.05) is 6.61 Å². The number of ether oxygens (including phenoxy) is 1. The number of hydrogen-bond donors (Lipinski definition) is 1. The summed E-state index contributed by atoms with van der Waals surface area (Å²) in [6, 6.07) is 0. The molecule has 1 saturated carbocycles. The lowest BCUT2D eigenvalue weighted by Crippen LogP contribution is -2.51. The van der Waals surface area contributed by atoms with Crippen LogP contribution in [-0.2, 0) is 14.9 Å². The Hall–Kier alpha value is -0.130. The summed E-state index contributed by atoms with van der Waals surface area (Å²) in [7, 11) is -4.00. The van der Waals surface area contributed by atoms with Gasteiger partial charge in [0.05, 0.1) is 5.60 Å². The van der Waals surface area contributed by atoms with E-state index in [9.17, 15) is 13.0 Å². The third-order valence-corrected chi connectivity index (χ3v) is 5.53. The first-order valence-corrected chi connectivity index (χ1v) is 8.15. The van der Waals surface area contributed by atoms with Crippen molar-refractivity contribution >= 4 is 10.1 Å². The first-order chi connectivity index (χ1) is 8.05. The summed E-state index contributed by atoms with van der Waals surface area (Å²) in [5.74, 6) is 0. The van der Waals surface area contributed by atoms with Crippen molar-refractivity contribution in [3.63, 3.8) is 0 Å². The van der Waals surface area contributed by atoms with Crippen molar-refractivity contribution in [2.45, 2.75) is 68.6 Å². The van der Waals surface area contributed by atoms with Crippen LogP contribution in [0.15, 0.2) is 0 Å². The summed E-state index contributed by atoms with van der Waals surface area (Å²) in [5, 5.41) is -0.712. The molecule has 0 aromatic heterocycles. The molecule has 1 saturated heterocycles. The molecule has 5 heteroatoms. The molecule has 0 aromatic carbocycles. The predicted octanol–water partition coefficient (Wildman–Crippen LogP) is 2.54. The Morgan fingerprint density at radius 1 is 1.00 bits per heavy atom. The van der Waals surface area contributed by atoms with Crippen LogP contribution < -0.4 is 0 Å². The van der Waals surface area contributed by atoms with E-state index in [0.717, 1.165) is 51.4 Å². The van der Waals surface area contributed by atoms with E-state index in [2.05, 4.69) is 0 Å². The van der Waals surface area contributed by atoms with Gasteiger partial charge in [0.15, 0.2) is 0 Å². The van der Waals surface area contributed by atoms with Gasteiger partial charge in [-0.05, 0) is 25.7 Å². The SMILES string of the molecule is O=S(=O)(O)C1CCCCCOC12CCCCC2. The van der Waals surface area contributed by atoms with E-state index in [4.69, 9.17) is 4.74 Å². The Labute approximate surface area is 103 Å². The van der Waals surface area contributed by atoms with E-state index in [1.165, 1.54) is 0 Å². The second-order valence-corrected chi connectivity index (χ2v) is 6.93. The molecule has 0 amide bonds. The molecule has 100 valence electrons. The fourth-order valence-electron chi connectivity index (χ4n) is 3.28. The minimum Gasteiger partial charge on any atom is -0.374 e. The zero-order valence-electron chi connectivity index (χ0n) is 10.2. The maximum absolute atomic E-state index is 11.6. The molecule has 0 radical (unpaired) electrons. The van der Waals surface area contributed by atoms with Gasteiger partial charge in [-0.25, -0.2) is 0 Å². The van der Waals surface area contributed by atoms with Crippen molar-refractivity contribution in [2.24, 2.45) is 0 Å². The van der Waals surface area contributed by atoms with Gasteiger partial charge < -0.3 is 4.74 Å². The minimum atomic E-state index is -4.00. The second-order valence-electron chi connectivity index (χ2n) is 5.33. The predicted molar refractivity (Wildman–Crippen MR) is 65.6 cm³/mol. The zero-order chi connectivity index (χ0) is 12.4. The smallest absolute Gasteiger partial charge is 0.270 e. The maximum Gasteiger partial charge on any atom is 0.270 e. The van der Waals surface area contributed by atoms with Gasteiger partial charge >= 0.3 is 0 Å². The van der Waals surface area contributed by atoms with E-state index in [-0.39, 0.29) is 0 Å². The summed E-state index contributed by atoms with van der Waals surface area (Å²) in [6.45, 7) is 0.631. The monoisotopic (exact) mass is 262 g/mol. The maximum atomic E-state index is 11.6. The Balaban J connectivity index is 2.26. The molecule has 0 aromatic rings.